The molecule has 8 heteroatoms. The highest BCUT2D eigenvalue weighted by atomic mass is 32.1. The molecule has 0 saturated carbocycles. The fourth-order valence-corrected chi connectivity index (χ4v) is 1.81. The normalized spacial score (nSPS) is 10.2. The van der Waals surface area contributed by atoms with E-state index in [-0.39, 0.29) is 22.7 Å². The number of furan rings is 1. The van der Waals surface area contributed by atoms with Crippen molar-refractivity contribution in [3.63, 3.8) is 0 Å². The Morgan fingerprint density at radius 2 is 2.28 bits per heavy atom. The zero-order valence-corrected chi connectivity index (χ0v) is 9.74. The molecule has 18 heavy (non-hydrogen) atoms. The molecule has 0 radical (unpaired) electrons. The van der Waals surface area contributed by atoms with E-state index in [4.69, 9.17) is 9.52 Å². The van der Waals surface area contributed by atoms with Gasteiger partial charge < -0.3 is 19.8 Å². The van der Waals surface area contributed by atoms with Gasteiger partial charge in [0.1, 0.15) is 6.26 Å². The van der Waals surface area contributed by atoms with E-state index in [9.17, 15) is 14.4 Å². The lowest BCUT2D eigenvalue weighted by atomic mass is 10.3. The lowest BCUT2D eigenvalue weighted by Crippen LogP contribution is -2.22. The van der Waals surface area contributed by atoms with Crippen LogP contribution in [-0.4, -0.2) is 22.0 Å². The maximum Gasteiger partial charge on any atom is 0.338 e. The van der Waals surface area contributed by atoms with Crippen molar-refractivity contribution in [3.8, 4) is 0 Å². The fraction of sp³-hybridized carbons (Fsp3) is 0.100. The average molecular weight is 268 g/mol. The third kappa shape index (κ3) is 2.66. The second-order valence-electron chi connectivity index (χ2n) is 3.36. The Hall–Kier alpha value is -2.35. The lowest BCUT2D eigenvalue weighted by molar-refractivity contribution is 0.0696. The van der Waals surface area contributed by atoms with Crippen molar-refractivity contribution >= 4 is 23.2 Å². The molecule has 0 saturated heterocycles. The molecular formula is C10H8N2O5S. The summed E-state index contributed by atoms with van der Waals surface area (Å²) < 4.78 is 4.82. The second-order valence-corrected chi connectivity index (χ2v) is 4.20. The maximum atomic E-state index is 11.6. The number of aromatic amines is 1. The predicted octanol–water partition coefficient (Wildman–Crippen LogP) is 0.658. The van der Waals surface area contributed by atoms with E-state index in [1.54, 1.807) is 5.38 Å². The summed E-state index contributed by atoms with van der Waals surface area (Å²) in [6.45, 7) is 0.140. The first kappa shape index (κ1) is 12.1. The molecular weight excluding hydrogens is 260 g/mol. The van der Waals surface area contributed by atoms with Crippen LogP contribution in [0, 0.1) is 0 Å². The van der Waals surface area contributed by atoms with Gasteiger partial charge >= 0.3 is 10.8 Å². The van der Waals surface area contributed by atoms with Gasteiger partial charge in [0.15, 0.2) is 5.76 Å². The molecule has 0 aliphatic rings. The molecule has 0 aromatic carbocycles. The zero-order valence-electron chi connectivity index (χ0n) is 8.93. The number of hydrogen-bond donors (Lipinski definition) is 3. The molecule has 0 aliphatic carbocycles. The Labute approximate surface area is 104 Å². The standard InChI is InChI=1S/C10H8N2O5S/c13-8(7-1-5(3-17-7)9(14)15)11-2-6-4-18-10(16)12-6/h1,3-4H,2H2,(H,11,13)(H,12,16)(H,14,15). The predicted molar refractivity (Wildman–Crippen MR) is 61.8 cm³/mol. The molecule has 0 aliphatic heterocycles. The second kappa shape index (κ2) is 4.88. The molecule has 2 aromatic rings. The highest BCUT2D eigenvalue weighted by Crippen LogP contribution is 2.07. The molecule has 94 valence electrons. The van der Waals surface area contributed by atoms with Crippen LogP contribution in [0.5, 0.6) is 0 Å². The van der Waals surface area contributed by atoms with E-state index in [1.165, 1.54) is 0 Å². The fourth-order valence-electron chi connectivity index (χ4n) is 1.23. The molecule has 1 amide bonds. The molecule has 0 spiro atoms. The maximum absolute atomic E-state index is 11.6. The van der Waals surface area contributed by atoms with Crippen molar-refractivity contribution in [3.05, 3.63) is 44.4 Å². The van der Waals surface area contributed by atoms with Crippen LogP contribution in [0.15, 0.2) is 26.9 Å². The molecule has 0 atom stereocenters. The molecule has 7 nitrogen and oxygen atoms in total. The van der Waals surface area contributed by atoms with Gasteiger partial charge in [-0.2, -0.15) is 0 Å². The highest BCUT2D eigenvalue weighted by Gasteiger charge is 2.14. The van der Waals surface area contributed by atoms with Gasteiger partial charge in [-0.15, -0.1) is 0 Å². The van der Waals surface area contributed by atoms with E-state index >= 15 is 0 Å². The number of rotatable bonds is 4. The van der Waals surface area contributed by atoms with Gasteiger partial charge in [-0.25, -0.2) is 4.79 Å². The number of amides is 1. The summed E-state index contributed by atoms with van der Waals surface area (Å²) in [6, 6.07) is 1.13. The van der Waals surface area contributed by atoms with Crippen LogP contribution in [0.4, 0.5) is 0 Å². The largest absolute Gasteiger partial charge is 0.478 e. The number of carboxylic acids is 1. The van der Waals surface area contributed by atoms with Gasteiger partial charge in [-0.1, -0.05) is 11.3 Å². The van der Waals surface area contributed by atoms with E-state index in [2.05, 4.69) is 10.3 Å². The number of carbonyl (C=O) groups is 2. The summed E-state index contributed by atoms with van der Waals surface area (Å²) in [5, 5.41) is 12.7. The highest BCUT2D eigenvalue weighted by molar-refractivity contribution is 7.07. The van der Waals surface area contributed by atoms with Crippen molar-refractivity contribution in [2.75, 3.05) is 0 Å². The third-order valence-electron chi connectivity index (χ3n) is 2.08. The van der Waals surface area contributed by atoms with Gasteiger partial charge in [0.25, 0.3) is 5.91 Å². The quantitative estimate of drug-likeness (QED) is 0.753. The lowest BCUT2D eigenvalue weighted by Gasteiger charge is -1.99. The molecule has 0 bridgehead atoms. The first-order valence-electron chi connectivity index (χ1n) is 4.83. The summed E-state index contributed by atoms with van der Waals surface area (Å²) >= 11 is 0.996. The molecule has 0 unspecified atom stereocenters. The number of hydrogen-bond acceptors (Lipinski definition) is 5. The first-order chi connectivity index (χ1) is 8.56. The Balaban J connectivity index is 1.99. The number of carbonyl (C=O) groups excluding carboxylic acids is 1. The molecule has 2 rings (SSSR count). The van der Waals surface area contributed by atoms with Crippen molar-refractivity contribution in [1.82, 2.24) is 10.3 Å². The van der Waals surface area contributed by atoms with Crippen molar-refractivity contribution < 1.29 is 19.1 Å². The van der Waals surface area contributed by atoms with Crippen molar-refractivity contribution in [2.24, 2.45) is 0 Å². The number of H-pyrrole nitrogens is 1. The Morgan fingerprint density at radius 3 is 2.83 bits per heavy atom. The summed E-state index contributed by atoms with van der Waals surface area (Å²) in [6.07, 6.45) is 0.990. The number of carboxylic acid groups (broad SMARTS) is 1. The molecule has 2 aromatic heterocycles. The number of aromatic nitrogens is 1. The van der Waals surface area contributed by atoms with Gasteiger partial charge in [0.2, 0.25) is 0 Å². The van der Waals surface area contributed by atoms with E-state index in [1.807, 2.05) is 0 Å². The van der Waals surface area contributed by atoms with Crippen LogP contribution in [0.1, 0.15) is 26.6 Å². The van der Waals surface area contributed by atoms with Crippen LogP contribution >= 0.6 is 11.3 Å². The van der Waals surface area contributed by atoms with E-state index in [0.29, 0.717) is 5.69 Å². The SMILES string of the molecule is O=C(O)c1coc(C(=O)NCc2csc(=O)[nH]2)c1. The third-order valence-corrected chi connectivity index (χ3v) is 2.80. The topological polar surface area (TPSA) is 112 Å². The first-order valence-corrected chi connectivity index (χ1v) is 5.71. The minimum absolute atomic E-state index is 0.0926. The Bertz CT molecular complexity index is 638. The summed E-state index contributed by atoms with van der Waals surface area (Å²) in [7, 11) is 0. The number of thiazole rings is 1. The number of nitrogens with one attached hydrogen (secondary N) is 2. The summed E-state index contributed by atoms with van der Waals surface area (Å²) in [5.74, 6) is -1.81. The average Bonchev–Trinajstić information content (AvgIpc) is 2.94. The van der Waals surface area contributed by atoms with Crippen LogP contribution < -0.4 is 10.2 Å². The van der Waals surface area contributed by atoms with Crippen LogP contribution in [0.3, 0.4) is 0 Å². The van der Waals surface area contributed by atoms with E-state index < -0.39 is 11.9 Å². The van der Waals surface area contributed by atoms with Gasteiger partial charge in [-0.05, 0) is 0 Å². The smallest absolute Gasteiger partial charge is 0.338 e. The van der Waals surface area contributed by atoms with Crippen molar-refractivity contribution in [2.45, 2.75) is 6.54 Å². The van der Waals surface area contributed by atoms with Gasteiger partial charge in [0, 0.05) is 17.1 Å². The van der Waals surface area contributed by atoms with Gasteiger partial charge in [0.05, 0.1) is 12.1 Å². The van der Waals surface area contributed by atoms with Gasteiger partial charge in [-0.3, -0.25) is 9.59 Å². The zero-order chi connectivity index (χ0) is 13.1. The Kier molecular flexibility index (Phi) is 3.28. The van der Waals surface area contributed by atoms with Crippen LogP contribution in [0.2, 0.25) is 0 Å². The van der Waals surface area contributed by atoms with E-state index in [0.717, 1.165) is 23.7 Å². The molecule has 3 N–H and O–H groups in total. The molecule has 2 heterocycles. The minimum atomic E-state index is -1.17. The molecule has 0 fully saturated rings. The van der Waals surface area contributed by atoms with Crippen molar-refractivity contribution in [1.29, 1.82) is 0 Å². The summed E-state index contributed by atoms with van der Waals surface area (Å²) in [5.41, 5.74) is 0.479. The van der Waals surface area contributed by atoms with Crippen LogP contribution in [0.25, 0.3) is 0 Å². The van der Waals surface area contributed by atoms with Crippen LogP contribution in [-0.2, 0) is 6.54 Å². The minimum Gasteiger partial charge on any atom is -0.478 e. The monoisotopic (exact) mass is 268 g/mol. The number of aromatic carboxylic acids is 1. The Morgan fingerprint density at radius 1 is 1.50 bits per heavy atom. The summed E-state index contributed by atoms with van der Waals surface area (Å²) in [4.78, 5) is 35.3.